The molecule has 0 saturated carbocycles. The maximum absolute atomic E-state index is 5.91. The van der Waals surface area contributed by atoms with E-state index in [2.05, 4.69) is 34.0 Å². The SMILES string of the molecule is CCC(N)c1nc(C2CN(C)CCCN2C)no1. The molecule has 0 aliphatic carbocycles. The molecule has 2 heterocycles. The van der Waals surface area contributed by atoms with Gasteiger partial charge in [-0.05, 0) is 40.0 Å². The Hall–Kier alpha value is -0.980. The van der Waals surface area contributed by atoms with Gasteiger partial charge in [-0.25, -0.2) is 0 Å². The highest BCUT2D eigenvalue weighted by molar-refractivity contribution is 4.99. The molecule has 6 nitrogen and oxygen atoms in total. The molecule has 2 rings (SSSR count). The molecule has 102 valence electrons. The van der Waals surface area contributed by atoms with E-state index in [0.717, 1.165) is 31.9 Å². The first-order valence-corrected chi connectivity index (χ1v) is 6.59. The molecule has 2 N–H and O–H groups in total. The number of nitrogens with zero attached hydrogens (tertiary/aromatic N) is 4. The van der Waals surface area contributed by atoms with Gasteiger partial charge in [0.25, 0.3) is 0 Å². The van der Waals surface area contributed by atoms with Crippen molar-refractivity contribution in [2.75, 3.05) is 33.7 Å². The Morgan fingerprint density at radius 2 is 2.22 bits per heavy atom. The third-order valence-electron chi connectivity index (χ3n) is 3.58. The average molecular weight is 253 g/mol. The molecule has 2 atom stereocenters. The predicted molar refractivity (Wildman–Crippen MR) is 69.0 cm³/mol. The van der Waals surface area contributed by atoms with Crippen LogP contribution in [0.15, 0.2) is 4.52 Å². The lowest BCUT2D eigenvalue weighted by molar-refractivity contribution is 0.214. The molecule has 1 aromatic heterocycles. The Kier molecular flexibility index (Phi) is 4.31. The maximum Gasteiger partial charge on any atom is 0.243 e. The van der Waals surface area contributed by atoms with Crippen LogP contribution in [0.2, 0.25) is 0 Å². The predicted octanol–water partition coefficient (Wildman–Crippen LogP) is 0.788. The molecule has 1 aromatic rings. The minimum atomic E-state index is -0.153. The van der Waals surface area contributed by atoms with Gasteiger partial charge in [0.15, 0.2) is 5.82 Å². The molecular weight excluding hydrogens is 230 g/mol. The summed E-state index contributed by atoms with van der Waals surface area (Å²) in [5, 5.41) is 4.10. The van der Waals surface area contributed by atoms with Gasteiger partial charge in [-0.3, -0.25) is 4.90 Å². The van der Waals surface area contributed by atoms with Crippen molar-refractivity contribution in [3.8, 4) is 0 Å². The summed E-state index contributed by atoms with van der Waals surface area (Å²) in [6, 6.07) is 0.0409. The normalized spacial score (nSPS) is 25.0. The molecule has 0 bridgehead atoms. The zero-order chi connectivity index (χ0) is 13.1. The smallest absolute Gasteiger partial charge is 0.243 e. The first-order valence-electron chi connectivity index (χ1n) is 6.59. The molecule has 2 unspecified atom stereocenters. The standard InChI is InChI=1S/C12H23N5O/c1-4-9(13)12-14-11(15-18-12)10-8-16(2)6-5-7-17(10)3/h9-10H,4-8,13H2,1-3H3. The molecule has 18 heavy (non-hydrogen) atoms. The van der Waals surface area contributed by atoms with Gasteiger partial charge >= 0.3 is 0 Å². The van der Waals surface area contributed by atoms with Crippen LogP contribution in [0.4, 0.5) is 0 Å². The quantitative estimate of drug-likeness (QED) is 0.858. The topological polar surface area (TPSA) is 71.4 Å². The van der Waals surface area contributed by atoms with E-state index in [1.807, 2.05) is 6.92 Å². The van der Waals surface area contributed by atoms with Gasteiger partial charge in [0.1, 0.15) is 0 Å². The van der Waals surface area contributed by atoms with E-state index in [9.17, 15) is 0 Å². The molecule has 1 fully saturated rings. The number of aromatic nitrogens is 2. The summed E-state index contributed by atoms with van der Waals surface area (Å²) in [5.41, 5.74) is 5.91. The van der Waals surface area contributed by atoms with Crippen molar-refractivity contribution in [3.05, 3.63) is 11.7 Å². The van der Waals surface area contributed by atoms with E-state index in [0.29, 0.717) is 5.89 Å². The van der Waals surface area contributed by atoms with E-state index in [-0.39, 0.29) is 12.1 Å². The average Bonchev–Trinajstić information content (AvgIpc) is 2.77. The molecule has 6 heteroatoms. The summed E-state index contributed by atoms with van der Waals surface area (Å²) in [5.74, 6) is 1.30. The number of rotatable bonds is 3. The molecule has 0 spiro atoms. The lowest BCUT2D eigenvalue weighted by Gasteiger charge is -2.24. The molecule has 0 aromatic carbocycles. The first kappa shape index (κ1) is 13.5. The van der Waals surface area contributed by atoms with E-state index >= 15 is 0 Å². The van der Waals surface area contributed by atoms with E-state index < -0.39 is 0 Å². The Balaban J connectivity index is 2.15. The zero-order valence-electron chi connectivity index (χ0n) is 11.5. The summed E-state index contributed by atoms with van der Waals surface area (Å²) in [7, 11) is 4.24. The van der Waals surface area contributed by atoms with Gasteiger partial charge in [0.05, 0.1) is 12.1 Å². The van der Waals surface area contributed by atoms with Gasteiger partial charge in [-0.1, -0.05) is 12.1 Å². The Morgan fingerprint density at radius 3 is 2.94 bits per heavy atom. The van der Waals surface area contributed by atoms with Crippen LogP contribution in [0.5, 0.6) is 0 Å². The highest BCUT2D eigenvalue weighted by atomic mass is 16.5. The molecular formula is C12H23N5O. The van der Waals surface area contributed by atoms with E-state index in [1.54, 1.807) is 0 Å². The second-order valence-electron chi connectivity index (χ2n) is 5.12. The van der Waals surface area contributed by atoms with Crippen molar-refractivity contribution in [1.82, 2.24) is 19.9 Å². The van der Waals surface area contributed by atoms with Gasteiger partial charge < -0.3 is 15.2 Å². The zero-order valence-corrected chi connectivity index (χ0v) is 11.5. The highest BCUT2D eigenvalue weighted by Crippen LogP contribution is 2.22. The summed E-state index contributed by atoms with van der Waals surface area (Å²) in [6.07, 6.45) is 1.98. The monoisotopic (exact) mass is 253 g/mol. The fourth-order valence-corrected chi connectivity index (χ4v) is 2.26. The fourth-order valence-electron chi connectivity index (χ4n) is 2.26. The van der Waals surface area contributed by atoms with Gasteiger partial charge in [0, 0.05) is 6.54 Å². The summed E-state index contributed by atoms with van der Waals surface area (Å²) in [4.78, 5) is 9.06. The lowest BCUT2D eigenvalue weighted by atomic mass is 10.2. The van der Waals surface area contributed by atoms with Crippen LogP contribution in [0.25, 0.3) is 0 Å². The molecule has 1 aliphatic rings. The Morgan fingerprint density at radius 1 is 1.44 bits per heavy atom. The first-order chi connectivity index (χ1) is 8.61. The third-order valence-corrected chi connectivity index (χ3v) is 3.58. The van der Waals surface area contributed by atoms with Crippen LogP contribution >= 0.6 is 0 Å². The van der Waals surface area contributed by atoms with Gasteiger partial charge in [-0.2, -0.15) is 4.98 Å². The third kappa shape index (κ3) is 2.88. The van der Waals surface area contributed by atoms with Crippen molar-refractivity contribution >= 4 is 0 Å². The molecule has 1 saturated heterocycles. The lowest BCUT2D eigenvalue weighted by Crippen LogP contribution is -2.31. The summed E-state index contributed by atoms with van der Waals surface area (Å²) < 4.78 is 5.26. The molecule has 0 radical (unpaired) electrons. The Bertz CT molecular complexity index is 380. The van der Waals surface area contributed by atoms with Gasteiger partial charge in [-0.15, -0.1) is 0 Å². The summed E-state index contributed by atoms with van der Waals surface area (Å²) in [6.45, 7) is 5.11. The van der Waals surface area contributed by atoms with Crippen LogP contribution in [-0.2, 0) is 0 Å². The second-order valence-corrected chi connectivity index (χ2v) is 5.12. The van der Waals surface area contributed by atoms with E-state index in [4.69, 9.17) is 10.3 Å². The number of nitrogens with two attached hydrogens (primary N) is 1. The highest BCUT2D eigenvalue weighted by Gasteiger charge is 2.27. The molecule has 1 aliphatic heterocycles. The van der Waals surface area contributed by atoms with Crippen molar-refractivity contribution in [2.24, 2.45) is 5.73 Å². The van der Waals surface area contributed by atoms with Crippen LogP contribution < -0.4 is 5.73 Å². The number of hydrogen-bond donors (Lipinski definition) is 1. The minimum absolute atomic E-state index is 0.153. The van der Waals surface area contributed by atoms with Crippen molar-refractivity contribution in [2.45, 2.75) is 31.8 Å². The maximum atomic E-state index is 5.91. The molecule has 0 amide bonds. The summed E-state index contributed by atoms with van der Waals surface area (Å²) >= 11 is 0. The van der Waals surface area contributed by atoms with Gasteiger partial charge in [0.2, 0.25) is 5.89 Å². The van der Waals surface area contributed by atoms with Crippen molar-refractivity contribution in [3.63, 3.8) is 0 Å². The Labute approximate surface area is 108 Å². The second kappa shape index (κ2) is 5.77. The van der Waals surface area contributed by atoms with E-state index in [1.165, 1.54) is 6.42 Å². The van der Waals surface area contributed by atoms with Crippen molar-refractivity contribution < 1.29 is 4.52 Å². The van der Waals surface area contributed by atoms with Crippen LogP contribution in [-0.4, -0.2) is 53.7 Å². The fraction of sp³-hybridized carbons (Fsp3) is 0.833. The number of likely N-dealkylation sites (N-methyl/N-ethyl adjacent to an activating group) is 2. The van der Waals surface area contributed by atoms with Crippen LogP contribution in [0.1, 0.15) is 43.6 Å². The van der Waals surface area contributed by atoms with Crippen molar-refractivity contribution in [1.29, 1.82) is 0 Å². The van der Waals surface area contributed by atoms with Crippen LogP contribution in [0.3, 0.4) is 0 Å². The van der Waals surface area contributed by atoms with Crippen LogP contribution in [0, 0.1) is 0 Å². The number of hydrogen-bond acceptors (Lipinski definition) is 6. The largest absolute Gasteiger partial charge is 0.338 e. The minimum Gasteiger partial charge on any atom is -0.338 e.